The van der Waals surface area contributed by atoms with E-state index in [-0.39, 0.29) is 11.9 Å². The molecule has 0 saturated carbocycles. The largest absolute Gasteiger partial charge is 0.337 e. The monoisotopic (exact) mass is 338 g/mol. The third kappa shape index (κ3) is 3.58. The molecule has 1 aliphatic rings. The van der Waals surface area contributed by atoms with Crippen molar-refractivity contribution in [1.29, 1.82) is 0 Å². The first-order valence-electron chi connectivity index (χ1n) is 8.52. The van der Waals surface area contributed by atoms with Crippen LogP contribution in [0.3, 0.4) is 0 Å². The van der Waals surface area contributed by atoms with Gasteiger partial charge in [-0.2, -0.15) is 4.98 Å². The van der Waals surface area contributed by atoms with Crippen molar-refractivity contribution in [2.75, 3.05) is 6.54 Å². The predicted octanol–water partition coefficient (Wildman–Crippen LogP) is 4.00. The Kier molecular flexibility index (Phi) is 4.52. The zero-order valence-corrected chi connectivity index (χ0v) is 13.8. The molecule has 3 aromatic rings. The summed E-state index contributed by atoms with van der Waals surface area (Å²) in [5, 5.41) is 4.12. The van der Waals surface area contributed by atoms with Crippen LogP contribution in [0, 0.1) is 5.82 Å². The molecular formula is C19H19FN4O. The molecule has 2 aromatic heterocycles. The average molecular weight is 338 g/mol. The Balaban J connectivity index is 1.55. The van der Waals surface area contributed by atoms with Gasteiger partial charge < -0.3 is 4.52 Å². The minimum atomic E-state index is -0.210. The molecule has 1 atom stereocenters. The summed E-state index contributed by atoms with van der Waals surface area (Å²) in [5.41, 5.74) is 1.98. The van der Waals surface area contributed by atoms with Gasteiger partial charge in [0.1, 0.15) is 5.82 Å². The number of pyridine rings is 1. The molecule has 1 aromatic carbocycles. The third-order valence-electron chi connectivity index (χ3n) is 4.58. The Morgan fingerprint density at radius 3 is 2.68 bits per heavy atom. The van der Waals surface area contributed by atoms with Gasteiger partial charge in [-0.1, -0.05) is 23.7 Å². The molecule has 0 N–H and O–H groups in total. The maximum atomic E-state index is 13.1. The van der Waals surface area contributed by atoms with Crippen molar-refractivity contribution in [3.8, 4) is 11.4 Å². The van der Waals surface area contributed by atoms with Crippen LogP contribution in [-0.4, -0.2) is 26.6 Å². The SMILES string of the molecule is Fc1ccc(CN2CCCC[C@@H]2c2nc(-c3ccncc3)no2)cc1. The van der Waals surface area contributed by atoms with Crippen LogP contribution < -0.4 is 0 Å². The lowest BCUT2D eigenvalue weighted by Crippen LogP contribution is -2.33. The number of hydrogen-bond acceptors (Lipinski definition) is 5. The second kappa shape index (κ2) is 7.11. The topological polar surface area (TPSA) is 55.1 Å². The minimum Gasteiger partial charge on any atom is -0.337 e. The fourth-order valence-corrected chi connectivity index (χ4v) is 3.27. The molecule has 3 heterocycles. The highest BCUT2D eigenvalue weighted by Crippen LogP contribution is 2.32. The Labute approximate surface area is 145 Å². The van der Waals surface area contributed by atoms with Crippen LogP contribution in [0.4, 0.5) is 4.39 Å². The summed E-state index contributed by atoms with van der Waals surface area (Å²) in [6, 6.07) is 10.5. The van der Waals surface area contributed by atoms with Gasteiger partial charge in [-0.15, -0.1) is 0 Å². The number of aromatic nitrogens is 3. The van der Waals surface area contributed by atoms with Crippen LogP contribution in [0.5, 0.6) is 0 Å². The van der Waals surface area contributed by atoms with E-state index in [0.29, 0.717) is 11.7 Å². The molecule has 0 spiro atoms. The number of rotatable bonds is 4. The number of hydrogen-bond donors (Lipinski definition) is 0. The van der Waals surface area contributed by atoms with E-state index in [2.05, 4.69) is 20.0 Å². The number of likely N-dealkylation sites (tertiary alicyclic amines) is 1. The highest BCUT2D eigenvalue weighted by molar-refractivity contribution is 5.52. The van der Waals surface area contributed by atoms with E-state index in [1.807, 2.05) is 24.3 Å². The summed E-state index contributed by atoms with van der Waals surface area (Å²) in [6.07, 6.45) is 6.69. The van der Waals surface area contributed by atoms with Crippen LogP contribution in [0.2, 0.25) is 0 Å². The van der Waals surface area contributed by atoms with Crippen molar-refractivity contribution < 1.29 is 8.91 Å². The Bertz CT molecular complexity index is 819. The molecule has 128 valence electrons. The quantitative estimate of drug-likeness (QED) is 0.720. The first-order chi connectivity index (χ1) is 12.3. The van der Waals surface area contributed by atoms with Crippen molar-refractivity contribution >= 4 is 0 Å². The lowest BCUT2D eigenvalue weighted by molar-refractivity contribution is 0.111. The lowest BCUT2D eigenvalue weighted by atomic mass is 10.0. The van der Waals surface area contributed by atoms with Gasteiger partial charge in [-0.3, -0.25) is 9.88 Å². The van der Waals surface area contributed by atoms with E-state index in [0.717, 1.165) is 43.5 Å². The van der Waals surface area contributed by atoms with Gasteiger partial charge in [-0.25, -0.2) is 4.39 Å². The van der Waals surface area contributed by atoms with E-state index < -0.39 is 0 Å². The van der Waals surface area contributed by atoms with Crippen molar-refractivity contribution in [1.82, 2.24) is 20.0 Å². The van der Waals surface area contributed by atoms with Crippen molar-refractivity contribution in [3.05, 3.63) is 66.1 Å². The van der Waals surface area contributed by atoms with Crippen LogP contribution in [0.1, 0.15) is 36.8 Å². The molecule has 6 heteroatoms. The second-order valence-corrected chi connectivity index (χ2v) is 6.30. The summed E-state index contributed by atoms with van der Waals surface area (Å²) in [5.74, 6) is 1.02. The number of piperidine rings is 1. The molecule has 0 amide bonds. The van der Waals surface area contributed by atoms with Crippen LogP contribution in [0.15, 0.2) is 53.3 Å². The lowest BCUT2D eigenvalue weighted by Gasteiger charge is -2.33. The van der Waals surface area contributed by atoms with E-state index >= 15 is 0 Å². The maximum Gasteiger partial charge on any atom is 0.244 e. The summed E-state index contributed by atoms with van der Waals surface area (Å²) in [7, 11) is 0. The van der Waals surface area contributed by atoms with Crippen molar-refractivity contribution in [3.63, 3.8) is 0 Å². The summed E-state index contributed by atoms with van der Waals surface area (Å²) < 4.78 is 18.7. The summed E-state index contributed by atoms with van der Waals surface area (Å²) >= 11 is 0. The van der Waals surface area contributed by atoms with Gasteiger partial charge in [0.2, 0.25) is 11.7 Å². The first-order valence-corrected chi connectivity index (χ1v) is 8.52. The van der Waals surface area contributed by atoms with Crippen LogP contribution in [0.25, 0.3) is 11.4 Å². The molecule has 5 nitrogen and oxygen atoms in total. The van der Waals surface area contributed by atoms with E-state index in [1.165, 1.54) is 12.1 Å². The smallest absolute Gasteiger partial charge is 0.244 e. The van der Waals surface area contributed by atoms with Gasteiger partial charge in [0.05, 0.1) is 6.04 Å². The zero-order valence-electron chi connectivity index (χ0n) is 13.8. The van der Waals surface area contributed by atoms with Crippen LogP contribution in [-0.2, 0) is 6.54 Å². The normalized spacial score (nSPS) is 18.4. The molecule has 0 bridgehead atoms. The van der Waals surface area contributed by atoms with Crippen molar-refractivity contribution in [2.45, 2.75) is 31.8 Å². The molecule has 0 aliphatic carbocycles. The fraction of sp³-hybridized carbons (Fsp3) is 0.316. The van der Waals surface area contributed by atoms with E-state index in [1.54, 1.807) is 12.4 Å². The molecule has 0 radical (unpaired) electrons. The molecule has 4 rings (SSSR count). The van der Waals surface area contributed by atoms with Crippen LogP contribution >= 0.6 is 0 Å². The third-order valence-corrected chi connectivity index (χ3v) is 4.58. The molecule has 1 aliphatic heterocycles. The summed E-state index contributed by atoms with van der Waals surface area (Å²) in [4.78, 5) is 10.9. The van der Waals surface area contributed by atoms with Gasteiger partial charge in [0.25, 0.3) is 0 Å². The first kappa shape index (κ1) is 15.9. The average Bonchev–Trinajstić information content (AvgIpc) is 3.15. The van der Waals surface area contributed by atoms with E-state index in [9.17, 15) is 4.39 Å². The van der Waals surface area contributed by atoms with Gasteiger partial charge in [-0.05, 0) is 49.2 Å². The maximum absolute atomic E-state index is 13.1. The minimum absolute atomic E-state index is 0.0990. The molecule has 1 fully saturated rings. The second-order valence-electron chi connectivity index (χ2n) is 6.30. The van der Waals surface area contributed by atoms with Gasteiger partial charge in [0.15, 0.2) is 0 Å². The Morgan fingerprint density at radius 2 is 1.88 bits per heavy atom. The molecule has 25 heavy (non-hydrogen) atoms. The molecule has 0 unspecified atom stereocenters. The van der Waals surface area contributed by atoms with E-state index in [4.69, 9.17) is 4.52 Å². The highest BCUT2D eigenvalue weighted by Gasteiger charge is 2.29. The number of halogens is 1. The Morgan fingerprint density at radius 1 is 1.08 bits per heavy atom. The zero-order chi connectivity index (χ0) is 17.1. The number of benzene rings is 1. The number of nitrogens with zero attached hydrogens (tertiary/aromatic N) is 4. The Hall–Kier alpha value is -2.60. The fourth-order valence-electron chi connectivity index (χ4n) is 3.27. The molecular weight excluding hydrogens is 319 g/mol. The predicted molar refractivity (Wildman–Crippen MR) is 90.9 cm³/mol. The van der Waals surface area contributed by atoms with Gasteiger partial charge >= 0.3 is 0 Å². The molecule has 1 saturated heterocycles. The van der Waals surface area contributed by atoms with Gasteiger partial charge in [0, 0.05) is 24.5 Å². The standard InChI is InChI=1S/C19H19FN4O/c20-16-6-4-14(5-7-16)13-24-12-2-1-3-17(24)19-22-18(23-25-19)15-8-10-21-11-9-15/h4-11,17H,1-3,12-13H2/t17-/m1/s1. The van der Waals surface area contributed by atoms with Crippen molar-refractivity contribution in [2.24, 2.45) is 0 Å². The summed E-state index contributed by atoms with van der Waals surface area (Å²) in [6.45, 7) is 1.72. The highest BCUT2D eigenvalue weighted by atomic mass is 19.1.